The molecular weight excluding hydrogens is 407 g/mol. The Balaban J connectivity index is 2.91. The smallest absolute Gasteiger partial charge is 0.342 e. The number of hydrogen-bond acceptors (Lipinski definition) is 4. The summed E-state index contributed by atoms with van der Waals surface area (Å²) in [6, 6.07) is 0. The van der Waals surface area contributed by atoms with E-state index >= 15 is 0 Å². The number of pyridine rings is 1. The van der Waals surface area contributed by atoms with Crippen LogP contribution in [0.5, 0.6) is 5.75 Å². The van der Waals surface area contributed by atoms with Crippen molar-refractivity contribution >= 4 is 64.0 Å². The summed E-state index contributed by atoms with van der Waals surface area (Å²) >= 11 is 30.6. The first-order valence-electron chi connectivity index (χ1n) is 5.97. The highest BCUT2D eigenvalue weighted by molar-refractivity contribution is 6.56. The van der Waals surface area contributed by atoms with Gasteiger partial charge in [0.05, 0.1) is 45.5 Å². The number of nitrogens with zero attached hydrogens (tertiary/aromatic N) is 1. The summed E-state index contributed by atoms with van der Waals surface area (Å²) in [7, 11) is 2.62. The van der Waals surface area contributed by atoms with Crippen LogP contribution in [-0.4, -0.2) is 25.2 Å². The van der Waals surface area contributed by atoms with Gasteiger partial charge in [-0.05, 0) is 0 Å². The third-order valence-corrected chi connectivity index (χ3v) is 5.28. The third-order valence-electron chi connectivity index (χ3n) is 3.00. The van der Waals surface area contributed by atoms with E-state index in [2.05, 4.69) is 4.98 Å². The van der Waals surface area contributed by atoms with Crippen LogP contribution < -0.4 is 4.74 Å². The Morgan fingerprint density at radius 2 is 1.43 bits per heavy atom. The number of esters is 1. The quantitative estimate of drug-likeness (QED) is 0.361. The Hall–Kier alpha value is -0.910. The second-order valence-corrected chi connectivity index (χ2v) is 6.09. The van der Waals surface area contributed by atoms with Crippen molar-refractivity contribution in [2.24, 2.45) is 0 Å². The molecule has 9 heteroatoms. The topological polar surface area (TPSA) is 48.4 Å². The van der Waals surface area contributed by atoms with Crippen LogP contribution in [0.4, 0.5) is 0 Å². The van der Waals surface area contributed by atoms with Crippen LogP contribution in [0.25, 0.3) is 11.1 Å². The van der Waals surface area contributed by atoms with Gasteiger partial charge in [0.25, 0.3) is 0 Å². The van der Waals surface area contributed by atoms with Crippen molar-refractivity contribution in [1.29, 1.82) is 0 Å². The van der Waals surface area contributed by atoms with Gasteiger partial charge >= 0.3 is 5.97 Å². The summed E-state index contributed by atoms with van der Waals surface area (Å²) in [5.41, 5.74) is 0.550. The van der Waals surface area contributed by atoms with Crippen LogP contribution in [0.3, 0.4) is 0 Å². The van der Waals surface area contributed by atoms with Crippen molar-refractivity contribution in [2.45, 2.75) is 0 Å². The highest BCUT2D eigenvalue weighted by Crippen LogP contribution is 2.49. The van der Waals surface area contributed by atoms with Gasteiger partial charge in [0.15, 0.2) is 5.75 Å². The third kappa shape index (κ3) is 3.19. The highest BCUT2D eigenvalue weighted by atomic mass is 35.5. The summed E-state index contributed by atoms with van der Waals surface area (Å²) < 4.78 is 9.93. The number of methoxy groups -OCH3 is 2. The number of benzene rings is 1. The van der Waals surface area contributed by atoms with Gasteiger partial charge in [-0.1, -0.05) is 58.0 Å². The maximum absolute atomic E-state index is 12.1. The van der Waals surface area contributed by atoms with Gasteiger partial charge in [-0.15, -0.1) is 0 Å². The Morgan fingerprint density at radius 3 is 1.91 bits per heavy atom. The zero-order valence-electron chi connectivity index (χ0n) is 11.7. The molecule has 0 N–H and O–H groups in total. The first kappa shape index (κ1) is 18.4. The average molecular weight is 415 g/mol. The van der Waals surface area contributed by atoms with E-state index in [-0.39, 0.29) is 47.6 Å². The highest BCUT2D eigenvalue weighted by Gasteiger charge is 2.26. The first-order chi connectivity index (χ1) is 10.8. The second-order valence-electron chi connectivity index (χ2n) is 4.20. The number of ether oxygens (including phenoxy) is 2. The van der Waals surface area contributed by atoms with Crippen molar-refractivity contribution < 1.29 is 14.3 Å². The predicted octanol–water partition coefficient (Wildman–Crippen LogP) is 5.81. The molecule has 2 rings (SSSR count). The zero-order chi connectivity index (χ0) is 17.3. The van der Waals surface area contributed by atoms with Gasteiger partial charge in [-0.2, -0.15) is 0 Å². The minimum Gasteiger partial charge on any atom is -0.494 e. The summed E-state index contributed by atoms with van der Waals surface area (Å²) in [4.78, 5) is 16.1. The molecule has 0 aliphatic rings. The lowest BCUT2D eigenvalue weighted by molar-refractivity contribution is 0.0598. The fourth-order valence-corrected chi connectivity index (χ4v) is 3.28. The van der Waals surface area contributed by atoms with Crippen molar-refractivity contribution in [3.8, 4) is 16.9 Å². The second kappa shape index (κ2) is 7.32. The minimum absolute atomic E-state index is 0.0105. The molecule has 2 aromatic rings. The largest absolute Gasteiger partial charge is 0.494 e. The number of aromatic nitrogens is 1. The molecule has 23 heavy (non-hydrogen) atoms. The SMILES string of the molecule is COC(=O)c1c(OC)cncc1-c1c(Cl)c(Cl)c(Cl)c(Cl)c1Cl. The fraction of sp³-hybridized carbons (Fsp3) is 0.143. The van der Waals surface area contributed by atoms with Crippen LogP contribution in [0.2, 0.25) is 25.1 Å². The van der Waals surface area contributed by atoms with Gasteiger partial charge in [0.1, 0.15) is 5.56 Å². The maximum atomic E-state index is 12.1. The monoisotopic (exact) mass is 413 g/mol. The predicted molar refractivity (Wildman–Crippen MR) is 92.6 cm³/mol. The van der Waals surface area contributed by atoms with Crippen LogP contribution in [0, 0.1) is 0 Å². The van der Waals surface area contributed by atoms with Crippen molar-refractivity contribution in [3.63, 3.8) is 0 Å². The molecule has 1 aromatic carbocycles. The Labute approximate surface area is 157 Å². The van der Waals surface area contributed by atoms with Gasteiger partial charge < -0.3 is 9.47 Å². The Morgan fingerprint density at radius 1 is 0.913 bits per heavy atom. The summed E-state index contributed by atoms with van der Waals surface area (Å²) in [6.07, 6.45) is 2.74. The van der Waals surface area contributed by atoms with Crippen LogP contribution in [0.1, 0.15) is 10.4 Å². The van der Waals surface area contributed by atoms with E-state index in [9.17, 15) is 4.79 Å². The zero-order valence-corrected chi connectivity index (χ0v) is 15.5. The summed E-state index contributed by atoms with van der Waals surface area (Å²) in [5.74, 6) is -0.475. The van der Waals surface area contributed by atoms with E-state index in [1.165, 1.54) is 26.6 Å². The fourth-order valence-electron chi connectivity index (χ4n) is 1.94. The Bertz CT molecular complexity index is 765. The van der Waals surface area contributed by atoms with Crippen LogP contribution in [-0.2, 0) is 4.74 Å². The van der Waals surface area contributed by atoms with E-state index in [0.29, 0.717) is 0 Å². The van der Waals surface area contributed by atoms with E-state index in [1.807, 2.05) is 0 Å². The van der Waals surface area contributed by atoms with E-state index in [1.54, 1.807) is 0 Å². The van der Waals surface area contributed by atoms with Gasteiger partial charge in [-0.25, -0.2) is 4.79 Å². The number of halogens is 5. The first-order valence-corrected chi connectivity index (χ1v) is 7.86. The molecule has 0 radical (unpaired) electrons. The van der Waals surface area contributed by atoms with Gasteiger partial charge in [-0.3, -0.25) is 4.98 Å². The molecule has 4 nitrogen and oxygen atoms in total. The average Bonchev–Trinajstić information content (AvgIpc) is 2.57. The molecule has 0 aliphatic heterocycles. The van der Waals surface area contributed by atoms with Crippen molar-refractivity contribution in [2.75, 3.05) is 14.2 Å². The molecule has 1 heterocycles. The number of hydrogen-bond donors (Lipinski definition) is 0. The lowest BCUT2D eigenvalue weighted by atomic mass is 10.0. The molecule has 0 aliphatic carbocycles. The molecule has 0 atom stereocenters. The number of carbonyl (C=O) groups is 1. The molecule has 122 valence electrons. The molecule has 0 bridgehead atoms. The lowest BCUT2D eigenvalue weighted by Crippen LogP contribution is -2.07. The van der Waals surface area contributed by atoms with Gasteiger partial charge in [0.2, 0.25) is 0 Å². The van der Waals surface area contributed by atoms with Gasteiger partial charge in [0, 0.05) is 17.3 Å². The van der Waals surface area contributed by atoms with Crippen molar-refractivity contribution in [1.82, 2.24) is 4.98 Å². The summed E-state index contributed by atoms with van der Waals surface area (Å²) in [5, 5.41) is 0.104. The van der Waals surface area contributed by atoms with Crippen LogP contribution >= 0.6 is 58.0 Å². The molecule has 0 saturated carbocycles. The summed E-state index contributed by atoms with van der Waals surface area (Å²) in [6.45, 7) is 0. The number of carbonyl (C=O) groups excluding carboxylic acids is 1. The maximum Gasteiger partial charge on any atom is 0.342 e. The number of rotatable bonds is 3. The molecule has 0 fully saturated rings. The molecule has 0 saturated heterocycles. The molecule has 0 amide bonds. The van der Waals surface area contributed by atoms with Crippen LogP contribution in [0.15, 0.2) is 12.4 Å². The lowest BCUT2D eigenvalue weighted by Gasteiger charge is -2.16. The molecule has 1 aromatic heterocycles. The minimum atomic E-state index is -0.659. The standard InChI is InChI=1S/C14H8Cl5NO3/c1-22-6-4-20-3-5(7(6)14(21)23-2)8-9(15)11(17)13(19)12(18)10(8)16/h3-4H,1-2H3. The van der Waals surface area contributed by atoms with E-state index in [4.69, 9.17) is 67.5 Å². The molecule has 0 unspecified atom stereocenters. The Kier molecular flexibility index (Phi) is 5.87. The van der Waals surface area contributed by atoms with Crippen molar-refractivity contribution in [3.05, 3.63) is 43.1 Å². The molecular formula is C14H8Cl5NO3. The van der Waals surface area contributed by atoms with E-state index < -0.39 is 5.97 Å². The molecule has 0 spiro atoms. The van der Waals surface area contributed by atoms with E-state index in [0.717, 1.165) is 0 Å². The normalized spacial score (nSPS) is 10.6.